The van der Waals surface area contributed by atoms with E-state index in [-0.39, 0.29) is 51.0 Å². The maximum Gasteiger partial charge on any atom is 0.336 e. The normalized spacial score (nSPS) is 22.7. The first-order valence-corrected chi connectivity index (χ1v) is 11.9. The molecule has 2 saturated carbocycles. The van der Waals surface area contributed by atoms with Gasteiger partial charge in [-0.2, -0.15) is 0 Å². The minimum Gasteiger partial charge on any atom is -0.478 e. The van der Waals surface area contributed by atoms with Gasteiger partial charge in [-0.05, 0) is 55.9 Å². The third-order valence-corrected chi connectivity index (χ3v) is 7.47. The van der Waals surface area contributed by atoms with E-state index in [1.807, 2.05) is 0 Å². The van der Waals surface area contributed by atoms with Crippen LogP contribution in [0, 0.1) is 5.92 Å². The SMILES string of the molecule is O=C(O)c1ccc(C(=O)C2OC2C2CCCC2)c2c(C(=O)O)ccc(C(=O)NC3CCCC3)c12. The number of carbonyl (C=O) groups excluding carboxylic acids is 2. The molecular formula is C26H27NO7. The van der Waals surface area contributed by atoms with Crippen molar-refractivity contribution in [3.05, 3.63) is 46.5 Å². The van der Waals surface area contributed by atoms with Crippen molar-refractivity contribution in [3.63, 3.8) is 0 Å². The molecule has 1 amide bonds. The predicted molar refractivity (Wildman–Crippen MR) is 123 cm³/mol. The van der Waals surface area contributed by atoms with E-state index in [4.69, 9.17) is 4.74 Å². The molecule has 2 unspecified atom stereocenters. The van der Waals surface area contributed by atoms with Gasteiger partial charge in [-0.25, -0.2) is 9.59 Å². The third-order valence-electron chi connectivity index (χ3n) is 7.47. The summed E-state index contributed by atoms with van der Waals surface area (Å²) in [6.07, 6.45) is 7.04. The summed E-state index contributed by atoms with van der Waals surface area (Å²) in [5.41, 5.74) is -0.284. The van der Waals surface area contributed by atoms with E-state index in [1.165, 1.54) is 24.3 Å². The van der Waals surface area contributed by atoms with Crippen LogP contribution in [0.1, 0.15) is 92.8 Å². The summed E-state index contributed by atoms with van der Waals surface area (Å²) in [7, 11) is 0. The van der Waals surface area contributed by atoms with Crippen LogP contribution in [0.15, 0.2) is 24.3 Å². The average Bonchev–Trinajstić information content (AvgIpc) is 3.18. The number of hydrogen-bond acceptors (Lipinski definition) is 5. The number of carboxylic acid groups (broad SMARTS) is 2. The second-order valence-corrected chi connectivity index (χ2v) is 9.57. The summed E-state index contributed by atoms with van der Waals surface area (Å²) in [4.78, 5) is 50.8. The summed E-state index contributed by atoms with van der Waals surface area (Å²) in [5, 5.41) is 22.6. The number of carbonyl (C=O) groups is 4. The van der Waals surface area contributed by atoms with Crippen LogP contribution in [0.3, 0.4) is 0 Å². The number of benzene rings is 2. The minimum atomic E-state index is -1.30. The van der Waals surface area contributed by atoms with E-state index in [9.17, 15) is 29.4 Å². The van der Waals surface area contributed by atoms with Crippen molar-refractivity contribution in [1.29, 1.82) is 0 Å². The van der Waals surface area contributed by atoms with E-state index >= 15 is 0 Å². The predicted octanol–water partition coefficient (Wildman–Crippen LogP) is 4.05. The highest BCUT2D eigenvalue weighted by atomic mass is 16.6. The number of nitrogens with one attached hydrogen (secondary N) is 1. The lowest BCUT2D eigenvalue weighted by molar-refractivity contribution is 0.0686. The molecule has 5 rings (SSSR count). The molecule has 34 heavy (non-hydrogen) atoms. The van der Waals surface area contributed by atoms with E-state index < -0.39 is 23.9 Å². The van der Waals surface area contributed by atoms with Crippen molar-refractivity contribution < 1.29 is 34.1 Å². The highest BCUT2D eigenvalue weighted by Crippen LogP contribution is 2.42. The Bertz CT molecular complexity index is 1190. The van der Waals surface area contributed by atoms with Crippen LogP contribution in [0.4, 0.5) is 0 Å². The zero-order valence-corrected chi connectivity index (χ0v) is 18.7. The van der Waals surface area contributed by atoms with Gasteiger partial charge in [0.05, 0.1) is 17.2 Å². The first-order valence-electron chi connectivity index (χ1n) is 11.9. The molecule has 3 aliphatic rings. The molecule has 0 bridgehead atoms. The van der Waals surface area contributed by atoms with Gasteiger partial charge in [-0.1, -0.05) is 25.7 Å². The molecule has 3 N–H and O–H groups in total. The monoisotopic (exact) mass is 465 g/mol. The number of amides is 1. The molecule has 1 aliphatic heterocycles. The molecule has 0 radical (unpaired) electrons. The van der Waals surface area contributed by atoms with Crippen LogP contribution in [0.2, 0.25) is 0 Å². The Kier molecular flexibility index (Phi) is 5.85. The molecule has 8 nitrogen and oxygen atoms in total. The Balaban J connectivity index is 1.62. The number of rotatable bonds is 7. The van der Waals surface area contributed by atoms with Crippen molar-refractivity contribution in [1.82, 2.24) is 5.32 Å². The summed E-state index contributed by atoms with van der Waals surface area (Å²) in [6.45, 7) is 0. The zero-order valence-electron chi connectivity index (χ0n) is 18.7. The van der Waals surface area contributed by atoms with E-state index in [0.717, 1.165) is 51.4 Å². The van der Waals surface area contributed by atoms with Crippen molar-refractivity contribution in [2.75, 3.05) is 0 Å². The lowest BCUT2D eigenvalue weighted by Crippen LogP contribution is -2.33. The van der Waals surface area contributed by atoms with Crippen LogP contribution >= 0.6 is 0 Å². The highest BCUT2D eigenvalue weighted by molar-refractivity contribution is 6.24. The molecule has 1 heterocycles. The molecule has 2 aromatic rings. The summed E-state index contributed by atoms with van der Waals surface area (Å²) in [5.74, 6) is -3.12. The molecule has 2 aliphatic carbocycles. The van der Waals surface area contributed by atoms with Crippen LogP contribution in [0.5, 0.6) is 0 Å². The van der Waals surface area contributed by atoms with Crippen LogP contribution in [0.25, 0.3) is 10.8 Å². The summed E-state index contributed by atoms with van der Waals surface area (Å²) < 4.78 is 5.72. The topological polar surface area (TPSA) is 133 Å². The smallest absolute Gasteiger partial charge is 0.336 e. The Hall–Kier alpha value is -3.26. The van der Waals surface area contributed by atoms with Gasteiger partial charge in [0.2, 0.25) is 0 Å². The lowest BCUT2D eigenvalue weighted by Gasteiger charge is -2.17. The standard InChI is InChI=1S/C26H27NO7/c28-21(23-22(34-23)13-5-1-2-6-13)15-9-11-18(26(32)33)20-16(10-12-17(19(15)20)25(30)31)24(29)27-14-7-3-4-8-14/h9-14,22-23H,1-8H2,(H,27,29)(H,30,31)(H,32,33). The van der Waals surface area contributed by atoms with Gasteiger partial charge in [0.15, 0.2) is 5.78 Å². The number of hydrogen-bond donors (Lipinski definition) is 3. The van der Waals surface area contributed by atoms with Crippen molar-refractivity contribution in [3.8, 4) is 0 Å². The third kappa shape index (κ3) is 3.96. The number of epoxide rings is 1. The Labute approximate surface area is 196 Å². The second kappa shape index (κ2) is 8.83. The molecule has 3 fully saturated rings. The Morgan fingerprint density at radius 2 is 1.24 bits per heavy atom. The molecule has 1 saturated heterocycles. The van der Waals surface area contributed by atoms with Crippen molar-refractivity contribution in [2.24, 2.45) is 5.92 Å². The number of ether oxygens (including phenoxy) is 1. The fourth-order valence-electron chi connectivity index (χ4n) is 5.71. The molecule has 0 aromatic heterocycles. The maximum absolute atomic E-state index is 13.4. The first-order chi connectivity index (χ1) is 16.4. The Morgan fingerprint density at radius 3 is 1.82 bits per heavy atom. The number of carboxylic acids is 2. The van der Waals surface area contributed by atoms with Crippen LogP contribution in [-0.2, 0) is 4.74 Å². The summed E-state index contributed by atoms with van der Waals surface area (Å²) >= 11 is 0. The zero-order chi connectivity index (χ0) is 24.0. The van der Waals surface area contributed by atoms with Gasteiger partial charge in [-0.3, -0.25) is 9.59 Å². The minimum absolute atomic E-state index is 0.00757. The van der Waals surface area contributed by atoms with Gasteiger partial charge in [0.1, 0.15) is 6.10 Å². The largest absolute Gasteiger partial charge is 0.478 e. The first kappa shape index (κ1) is 22.5. The average molecular weight is 466 g/mol. The molecule has 8 heteroatoms. The van der Waals surface area contributed by atoms with Gasteiger partial charge in [0, 0.05) is 27.9 Å². The van der Waals surface area contributed by atoms with Crippen LogP contribution < -0.4 is 5.32 Å². The Morgan fingerprint density at radius 1 is 0.735 bits per heavy atom. The molecule has 2 aromatic carbocycles. The van der Waals surface area contributed by atoms with Gasteiger partial charge in [0.25, 0.3) is 5.91 Å². The second-order valence-electron chi connectivity index (χ2n) is 9.57. The van der Waals surface area contributed by atoms with E-state index in [1.54, 1.807) is 0 Å². The fraction of sp³-hybridized carbons (Fsp3) is 0.462. The number of Topliss-reactive ketones (excluding diaryl/α,β-unsaturated/α-hetero) is 1. The van der Waals surface area contributed by atoms with E-state index in [0.29, 0.717) is 5.92 Å². The molecule has 2 atom stereocenters. The maximum atomic E-state index is 13.4. The van der Waals surface area contributed by atoms with Gasteiger partial charge in [-0.15, -0.1) is 0 Å². The van der Waals surface area contributed by atoms with Gasteiger partial charge < -0.3 is 20.3 Å². The molecule has 178 valence electrons. The number of aromatic carboxylic acids is 2. The molecule has 0 spiro atoms. The number of fused-ring (bicyclic) bond motifs is 1. The highest BCUT2D eigenvalue weighted by Gasteiger charge is 2.50. The van der Waals surface area contributed by atoms with Crippen LogP contribution in [-0.4, -0.2) is 52.1 Å². The molecular weight excluding hydrogens is 438 g/mol. The fourth-order valence-corrected chi connectivity index (χ4v) is 5.71. The van der Waals surface area contributed by atoms with E-state index in [2.05, 4.69) is 5.32 Å². The van der Waals surface area contributed by atoms with Gasteiger partial charge >= 0.3 is 11.9 Å². The van der Waals surface area contributed by atoms with Crippen molar-refractivity contribution in [2.45, 2.75) is 69.6 Å². The quantitative estimate of drug-likeness (QED) is 0.415. The lowest BCUT2D eigenvalue weighted by atomic mass is 9.88. The number of ketones is 1. The summed E-state index contributed by atoms with van der Waals surface area (Å²) in [6, 6.07) is 5.24. The van der Waals surface area contributed by atoms with Crippen molar-refractivity contribution >= 4 is 34.4 Å².